The van der Waals surface area contributed by atoms with Gasteiger partial charge in [-0.05, 0) is 39.3 Å². The third kappa shape index (κ3) is 2.81. The van der Waals surface area contributed by atoms with E-state index in [1.807, 2.05) is 11.3 Å². The average molecular weight is 240 g/mol. The molecule has 1 aliphatic rings. The van der Waals surface area contributed by atoms with Gasteiger partial charge in [-0.15, -0.1) is 11.3 Å². The van der Waals surface area contributed by atoms with Crippen molar-refractivity contribution in [3.05, 3.63) is 15.6 Å². The number of rotatable bonds is 4. The molecule has 90 valence electrons. The highest BCUT2D eigenvalue weighted by Crippen LogP contribution is 2.29. The molecule has 1 atom stereocenters. The van der Waals surface area contributed by atoms with Crippen molar-refractivity contribution in [3.8, 4) is 0 Å². The van der Waals surface area contributed by atoms with E-state index in [1.54, 1.807) is 0 Å². The van der Waals surface area contributed by atoms with Crippen LogP contribution in [0.3, 0.4) is 0 Å². The van der Waals surface area contributed by atoms with Gasteiger partial charge in [-0.3, -0.25) is 0 Å². The molecule has 1 aromatic heterocycles. The summed E-state index contributed by atoms with van der Waals surface area (Å²) in [4.78, 5) is 8.35. The van der Waals surface area contributed by atoms with Crippen molar-refractivity contribution in [1.82, 2.24) is 9.88 Å². The molecule has 0 aromatic carbocycles. The highest BCUT2D eigenvalue weighted by molar-refractivity contribution is 7.11. The number of aliphatic hydroxyl groups is 1. The van der Waals surface area contributed by atoms with Gasteiger partial charge in [0.25, 0.3) is 0 Å². The second-order valence-corrected chi connectivity index (χ2v) is 5.99. The minimum atomic E-state index is 0.310. The second kappa shape index (κ2) is 5.25. The molecule has 0 saturated heterocycles. The van der Waals surface area contributed by atoms with E-state index in [0.29, 0.717) is 12.5 Å². The summed E-state index contributed by atoms with van der Waals surface area (Å²) in [5, 5.41) is 10.4. The van der Waals surface area contributed by atoms with Crippen molar-refractivity contribution in [2.45, 2.75) is 25.7 Å². The zero-order chi connectivity index (χ0) is 11.5. The molecule has 2 rings (SSSR count). The van der Waals surface area contributed by atoms with Crippen LogP contribution in [0, 0.1) is 5.92 Å². The molecule has 0 bridgehead atoms. The number of aryl methyl sites for hydroxylation is 1. The van der Waals surface area contributed by atoms with Crippen molar-refractivity contribution in [1.29, 1.82) is 0 Å². The fraction of sp³-hybridized carbons (Fsp3) is 0.750. The van der Waals surface area contributed by atoms with Crippen LogP contribution in [0.4, 0.5) is 0 Å². The normalized spacial score (nSPS) is 20.1. The lowest BCUT2D eigenvalue weighted by Crippen LogP contribution is -2.16. The van der Waals surface area contributed by atoms with Gasteiger partial charge in [-0.25, -0.2) is 4.98 Å². The van der Waals surface area contributed by atoms with Gasteiger partial charge in [0, 0.05) is 24.4 Å². The molecule has 0 amide bonds. The Labute approximate surface area is 101 Å². The number of hydrogen-bond acceptors (Lipinski definition) is 4. The van der Waals surface area contributed by atoms with Crippen LogP contribution in [0.1, 0.15) is 22.0 Å². The summed E-state index contributed by atoms with van der Waals surface area (Å²) in [5.41, 5.74) is 1.25. The molecule has 1 aliphatic carbocycles. The maximum atomic E-state index is 9.17. The molecule has 0 saturated carbocycles. The number of likely N-dealkylation sites (N-methyl/N-ethyl adjacent to an activating group) is 1. The summed E-state index contributed by atoms with van der Waals surface area (Å²) in [5.74, 6) is 0.441. The first-order chi connectivity index (χ1) is 7.69. The Morgan fingerprint density at radius 3 is 3.00 bits per heavy atom. The van der Waals surface area contributed by atoms with Crippen LogP contribution in [0.2, 0.25) is 0 Å². The average Bonchev–Trinajstić information content (AvgIpc) is 2.67. The summed E-state index contributed by atoms with van der Waals surface area (Å²) in [6.07, 6.45) is 4.26. The van der Waals surface area contributed by atoms with Crippen molar-refractivity contribution >= 4 is 11.3 Å². The van der Waals surface area contributed by atoms with Crippen LogP contribution < -0.4 is 0 Å². The molecule has 1 heterocycles. The molecule has 16 heavy (non-hydrogen) atoms. The van der Waals surface area contributed by atoms with E-state index in [4.69, 9.17) is 10.1 Å². The van der Waals surface area contributed by atoms with Gasteiger partial charge in [0.1, 0.15) is 0 Å². The van der Waals surface area contributed by atoms with Crippen molar-refractivity contribution in [2.24, 2.45) is 5.92 Å². The molecule has 0 fully saturated rings. The lowest BCUT2D eigenvalue weighted by molar-refractivity contribution is 0.213. The maximum Gasteiger partial charge on any atom is 0.0943 e. The van der Waals surface area contributed by atoms with Gasteiger partial charge < -0.3 is 10.0 Å². The summed E-state index contributed by atoms with van der Waals surface area (Å²) < 4.78 is 0. The first-order valence-electron chi connectivity index (χ1n) is 5.92. The quantitative estimate of drug-likeness (QED) is 0.863. The standard InChI is InChI=1S/C12H20N2OS/c1-14(2)6-5-12-13-10-7-9(8-15)3-4-11(10)16-12/h9,15H,3-8H2,1-2H3. The molecule has 0 spiro atoms. The number of nitrogens with zero attached hydrogens (tertiary/aromatic N) is 2. The zero-order valence-corrected chi connectivity index (χ0v) is 10.9. The summed E-state index contributed by atoms with van der Waals surface area (Å²) in [6, 6.07) is 0. The van der Waals surface area contributed by atoms with Gasteiger partial charge >= 0.3 is 0 Å². The van der Waals surface area contributed by atoms with Crippen molar-refractivity contribution < 1.29 is 5.11 Å². The summed E-state index contributed by atoms with van der Waals surface area (Å²) in [7, 11) is 4.19. The Bertz CT molecular complexity index is 349. The zero-order valence-electron chi connectivity index (χ0n) is 10.1. The lowest BCUT2D eigenvalue weighted by Gasteiger charge is -2.18. The van der Waals surface area contributed by atoms with E-state index in [2.05, 4.69) is 19.0 Å². The lowest BCUT2D eigenvalue weighted by atomic mass is 9.92. The maximum absolute atomic E-state index is 9.17. The Balaban J connectivity index is 2.01. The number of aromatic nitrogens is 1. The van der Waals surface area contributed by atoms with E-state index in [0.717, 1.165) is 32.2 Å². The Morgan fingerprint density at radius 1 is 1.50 bits per heavy atom. The third-order valence-electron chi connectivity index (χ3n) is 3.12. The molecule has 1 aromatic rings. The SMILES string of the molecule is CN(C)CCc1nc2c(s1)CCC(CO)C2. The van der Waals surface area contributed by atoms with Gasteiger partial charge in [0.15, 0.2) is 0 Å². The van der Waals surface area contributed by atoms with Crippen LogP contribution in [0.25, 0.3) is 0 Å². The summed E-state index contributed by atoms with van der Waals surface area (Å²) in [6.45, 7) is 1.37. The highest BCUT2D eigenvalue weighted by atomic mass is 32.1. The number of fused-ring (bicyclic) bond motifs is 1. The molecular weight excluding hydrogens is 220 g/mol. The first kappa shape index (κ1) is 12.0. The second-order valence-electron chi connectivity index (χ2n) is 4.82. The number of hydrogen-bond donors (Lipinski definition) is 1. The Hall–Kier alpha value is -0.450. The number of thiazole rings is 1. The highest BCUT2D eigenvalue weighted by Gasteiger charge is 2.21. The van der Waals surface area contributed by atoms with Crippen LogP contribution in [0.5, 0.6) is 0 Å². The topological polar surface area (TPSA) is 36.4 Å². The molecule has 0 radical (unpaired) electrons. The minimum absolute atomic E-state index is 0.310. The van der Waals surface area contributed by atoms with E-state index >= 15 is 0 Å². The van der Waals surface area contributed by atoms with Crippen LogP contribution in [-0.4, -0.2) is 42.2 Å². The fourth-order valence-corrected chi connectivity index (χ4v) is 3.18. The molecule has 1 N–H and O–H groups in total. The molecule has 3 nitrogen and oxygen atoms in total. The van der Waals surface area contributed by atoms with Gasteiger partial charge in [0.2, 0.25) is 0 Å². The van der Waals surface area contributed by atoms with E-state index in [9.17, 15) is 0 Å². The van der Waals surface area contributed by atoms with Crippen LogP contribution >= 0.6 is 11.3 Å². The molecule has 4 heteroatoms. The predicted octanol–water partition coefficient (Wildman–Crippen LogP) is 1.34. The monoisotopic (exact) mass is 240 g/mol. The van der Waals surface area contributed by atoms with Crippen molar-refractivity contribution in [3.63, 3.8) is 0 Å². The predicted molar refractivity (Wildman–Crippen MR) is 67.0 cm³/mol. The van der Waals surface area contributed by atoms with E-state index in [-0.39, 0.29) is 0 Å². The van der Waals surface area contributed by atoms with E-state index in [1.165, 1.54) is 15.6 Å². The van der Waals surface area contributed by atoms with Crippen molar-refractivity contribution in [2.75, 3.05) is 27.2 Å². The largest absolute Gasteiger partial charge is 0.396 e. The number of aliphatic hydroxyl groups excluding tert-OH is 1. The third-order valence-corrected chi connectivity index (χ3v) is 4.33. The first-order valence-corrected chi connectivity index (χ1v) is 6.73. The molecule has 0 aliphatic heterocycles. The molecular formula is C12H20N2OS. The van der Waals surface area contributed by atoms with Crippen LogP contribution in [0.15, 0.2) is 0 Å². The Kier molecular flexibility index (Phi) is 3.95. The molecule has 1 unspecified atom stereocenters. The Morgan fingerprint density at radius 2 is 2.31 bits per heavy atom. The minimum Gasteiger partial charge on any atom is -0.396 e. The summed E-state index contributed by atoms with van der Waals surface area (Å²) >= 11 is 1.87. The smallest absolute Gasteiger partial charge is 0.0943 e. The fourth-order valence-electron chi connectivity index (χ4n) is 2.08. The van der Waals surface area contributed by atoms with Gasteiger partial charge in [-0.2, -0.15) is 0 Å². The van der Waals surface area contributed by atoms with Gasteiger partial charge in [-0.1, -0.05) is 0 Å². The van der Waals surface area contributed by atoms with Crippen LogP contribution in [-0.2, 0) is 19.3 Å². The van der Waals surface area contributed by atoms with Gasteiger partial charge in [0.05, 0.1) is 10.7 Å². The van der Waals surface area contributed by atoms with E-state index < -0.39 is 0 Å².